The number of aromatic nitrogens is 4. The van der Waals surface area contributed by atoms with Crippen LogP contribution in [0, 0.1) is 0 Å². The molecule has 0 radical (unpaired) electrons. The van der Waals surface area contributed by atoms with Gasteiger partial charge < -0.3 is 9.47 Å². The van der Waals surface area contributed by atoms with Gasteiger partial charge in [-0.3, -0.25) is 19.0 Å². The molecule has 220 valence electrons. The van der Waals surface area contributed by atoms with E-state index in [1.165, 1.54) is 25.5 Å². The fourth-order valence-electron chi connectivity index (χ4n) is 4.13. The summed E-state index contributed by atoms with van der Waals surface area (Å²) >= 11 is 1.25. The SMILES string of the molecule is CON(C)C(=O)COC(C)c1ccc(-n2ccc(C(C)c3ccc4c(c3)sc(=O)n4COCC[Si](C)(C)C)n2)nc1. The van der Waals surface area contributed by atoms with Gasteiger partial charge in [-0.15, -0.1) is 0 Å². The monoisotopic (exact) mass is 597 g/mol. The Morgan fingerprint density at radius 3 is 2.56 bits per heavy atom. The number of nitrogens with zero attached hydrogens (tertiary/aromatic N) is 5. The first-order valence-corrected chi connectivity index (χ1v) is 18.1. The summed E-state index contributed by atoms with van der Waals surface area (Å²) in [6.07, 6.45) is 3.30. The van der Waals surface area contributed by atoms with Crippen LogP contribution in [-0.2, 0) is 25.8 Å². The summed E-state index contributed by atoms with van der Waals surface area (Å²) in [6.45, 7) is 11.8. The molecule has 0 saturated heterocycles. The standard InChI is InChI=1S/C29H39N5O5SSi/c1-20(22-8-10-25-26(16-22)40-29(36)33(25)19-38-14-15-41(5,6)7)24-12-13-34(31-24)27-11-9-23(17-30-27)21(2)39-18-28(35)32(3)37-4/h8-13,16-17,20-21H,14-15,18-19H2,1-7H3. The third-order valence-electron chi connectivity index (χ3n) is 7.02. The van der Waals surface area contributed by atoms with Crippen molar-refractivity contribution in [3.05, 3.63) is 75.3 Å². The molecule has 0 aliphatic heterocycles. The van der Waals surface area contributed by atoms with E-state index in [0.29, 0.717) is 12.4 Å². The van der Waals surface area contributed by atoms with Crippen LogP contribution in [0.15, 0.2) is 53.6 Å². The number of carbonyl (C=O) groups is 1. The van der Waals surface area contributed by atoms with Gasteiger partial charge in [0.15, 0.2) is 5.82 Å². The quantitative estimate of drug-likeness (QED) is 0.119. The number of hydrogen-bond acceptors (Lipinski definition) is 8. The number of amides is 1. The number of carbonyl (C=O) groups excluding carboxylic acids is 1. The van der Waals surface area contributed by atoms with Gasteiger partial charge in [-0.2, -0.15) is 5.10 Å². The van der Waals surface area contributed by atoms with Crippen LogP contribution >= 0.6 is 11.3 Å². The number of rotatable bonds is 13. The first-order chi connectivity index (χ1) is 19.5. The van der Waals surface area contributed by atoms with E-state index in [2.05, 4.69) is 43.7 Å². The van der Waals surface area contributed by atoms with Crippen LogP contribution in [0.2, 0.25) is 25.7 Å². The first-order valence-electron chi connectivity index (χ1n) is 13.6. The highest BCUT2D eigenvalue weighted by molar-refractivity contribution is 7.16. The van der Waals surface area contributed by atoms with Crippen LogP contribution in [0.5, 0.6) is 0 Å². The zero-order valence-corrected chi connectivity index (χ0v) is 26.6. The van der Waals surface area contributed by atoms with E-state index in [9.17, 15) is 9.59 Å². The number of ether oxygens (including phenoxy) is 2. The van der Waals surface area contributed by atoms with Crippen molar-refractivity contribution in [2.45, 2.75) is 58.3 Å². The molecule has 10 nitrogen and oxygen atoms in total. The minimum atomic E-state index is -1.18. The summed E-state index contributed by atoms with van der Waals surface area (Å²) in [5.74, 6) is 0.430. The lowest BCUT2D eigenvalue weighted by Crippen LogP contribution is -2.29. The molecule has 4 aromatic rings. The van der Waals surface area contributed by atoms with Gasteiger partial charge in [0.2, 0.25) is 0 Å². The second-order valence-electron chi connectivity index (χ2n) is 11.3. The maximum absolute atomic E-state index is 12.7. The van der Waals surface area contributed by atoms with Crippen molar-refractivity contribution >= 4 is 35.5 Å². The molecule has 3 aromatic heterocycles. The summed E-state index contributed by atoms with van der Waals surface area (Å²) in [5, 5.41) is 5.90. The van der Waals surface area contributed by atoms with Crippen LogP contribution in [0.25, 0.3) is 16.0 Å². The van der Waals surface area contributed by atoms with Crippen molar-refractivity contribution in [3.63, 3.8) is 0 Å². The lowest BCUT2D eigenvalue weighted by molar-refractivity contribution is -0.175. The number of thiazole rings is 1. The van der Waals surface area contributed by atoms with E-state index in [1.54, 1.807) is 15.4 Å². The Labute approximate surface area is 245 Å². The van der Waals surface area contributed by atoms with Crippen molar-refractivity contribution in [1.29, 1.82) is 0 Å². The van der Waals surface area contributed by atoms with Crippen LogP contribution in [0.1, 0.15) is 42.7 Å². The highest BCUT2D eigenvalue weighted by atomic mass is 32.1. The summed E-state index contributed by atoms with van der Waals surface area (Å²) in [7, 11) is 1.79. The van der Waals surface area contributed by atoms with E-state index in [4.69, 9.17) is 19.4 Å². The minimum absolute atomic E-state index is 0.00904. The molecule has 12 heteroatoms. The average Bonchev–Trinajstić information content (AvgIpc) is 3.56. The van der Waals surface area contributed by atoms with Crippen LogP contribution in [0.4, 0.5) is 0 Å². The maximum Gasteiger partial charge on any atom is 0.310 e. The molecule has 1 amide bonds. The topological polar surface area (TPSA) is 101 Å². The predicted octanol–water partition coefficient (Wildman–Crippen LogP) is 5.21. The van der Waals surface area contributed by atoms with Crippen molar-refractivity contribution in [1.82, 2.24) is 24.4 Å². The number of hydrogen-bond donors (Lipinski definition) is 0. The Kier molecular flexibility index (Phi) is 9.92. The Bertz CT molecular complexity index is 1530. The second kappa shape index (κ2) is 13.2. The summed E-state index contributed by atoms with van der Waals surface area (Å²) < 4.78 is 15.9. The smallest absolute Gasteiger partial charge is 0.310 e. The van der Waals surface area contributed by atoms with Crippen molar-refractivity contribution in [2.75, 3.05) is 27.4 Å². The molecule has 0 fully saturated rings. The van der Waals surface area contributed by atoms with Gasteiger partial charge in [0.1, 0.15) is 13.3 Å². The van der Waals surface area contributed by atoms with Crippen LogP contribution in [0.3, 0.4) is 0 Å². The van der Waals surface area contributed by atoms with E-state index in [1.807, 2.05) is 37.4 Å². The van der Waals surface area contributed by atoms with Gasteiger partial charge in [0.25, 0.3) is 5.91 Å². The molecule has 1 aromatic carbocycles. The van der Waals surface area contributed by atoms with Gasteiger partial charge in [-0.05, 0) is 48.4 Å². The van der Waals surface area contributed by atoms with E-state index >= 15 is 0 Å². The van der Waals surface area contributed by atoms with E-state index < -0.39 is 8.07 Å². The van der Waals surface area contributed by atoms with Gasteiger partial charge in [0, 0.05) is 40.0 Å². The molecule has 3 heterocycles. The minimum Gasteiger partial charge on any atom is -0.364 e. The number of pyridine rings is 1. The second-order valence-corrected chi connectivity index (χ2v) is 17.9. The van der Waals surface area contributed by atoms with E-state index in [0.717, 1.165) is 38.1 Å². The normalized spacial score (nSPS) is 13.4. The molecule has 0 spiro atoms. The largest absolute Gasteiger partial charge is 0.364 e. The Morgan fingerprint density at radius 1 is 1.12 bits per heavy atom. The van der Waals surface area contributed by atoms with Gasteiger partial charge in [0.05, 0.1) is 29.1 Å². The van der Waals surface area contributed by atoms with Gasteiger partial charge in [-0.1, -0.05) is 50.0 Å². The van der Waals surface area contributed by atoms with Gasteiger partial charge in [-0.25, -0.2) is 14.7 Å². The predicted molar refractivity (Wildman–Crippen MR) is 163 cm³/mol. The Morgan fingerprint density at radius 2 is 1.88 bits per heavy atom. The highest BCUT2D eigenvalue weighted by Crippen LogP contribution is 2.28. The fourth-order valence-corrected chi connectivity index (χ4v) is 5.82. The fraction of sp³-hybridized carbons (Fsp3) is 0.448. The lowest BCUT2D eigenvalue weighted by atomic mass is 9.98. The zero-order chi connectivity index (χ0) is 29.7. The highest BCUT2D eigenvalue weighted by Gasteiger charge is 2.17. The molecule has 2 unspecified atom stereocenters. The van der Waals surface area contributed by atoms with Crippen LogP contribution in [-0.4, -0.2) is 65.7 Å². The molecule has 0 aliphatic carbocycles. The molecule has 0 saturated carbocycles. The van der Waals surface area contributed by atoms with Crippen molar-refractivity contribution < 1.29 is 19.1 Å². The molecule has 0 aliphatic rings. The number of fused-ring (bicyclic) bond motifs is 1. The molecule has 0 N–H and O–H groups in total. The van der Waals surface area contributed by atoms with Crippen molar-refractivity contribution in [3.8, 4) is 5.82 Å². The zero-order valence-electron chi connectivity index (χ0n) is 24.8. The lowest BCUT2D eigenvalue weighted by Gasteiger charge is -2.17. The Hall–Kier alpha value is -3.16. The van der Waals surface area contributed by atoms with E-state index in [-0.39, 0.29) is 36.1 Å². The summed E-state index contributed by atoms with van der Waals surface area (Å²) in [5.41, 5.74) is 3.73. The molecule has 4 rings (SSSR count). The molecular weight excluding hydrogens is 559 g/mol. The van der Waals surface area contributed by atoms with Gasteiger partial charge >= 0.3 is 4.87 Å². The number of hydroxylamine groups is 2. The number of benzene rings is 1. The third kappa shape index (κ3) is 7.77. The van der Waals surface area contributed by atoms with Crippen LogP contribution < -0.4 is 4.87 Å². The molecule has 2 atom stereocenters. The summed E-state index contributed by atoms with van der Waals surface area (Å²) in [6, 6.07) is 13.0. The molecular formula is C29H39N5O5SSi. The Balaban J connectivity index is 1.41. The number of likely N-dealkylation sites (N-methyl/N-ethyl adjacent to an activating group) is 1. The van der Waals surface area contributed by atoms with Crippen molar-refractivity contribution in [2.24, 2.45) is 0 Å². The molecule has 41 heavy (non-hydrogen) atoms. The maximum atomic E-state index is 12.7. The first kappa shape index (κ1) is 30.8. The average molecular weight is 598 g/mol. The third-order valence-corrected chi connectivity index (χ3v) is 9.67. The summed E-state index contributed by atoms with van der Waals surface area (Å²) in [4.78, 5) is 34.0. The molecule has 0 bridgehead atoms.